The smallest absolute Gasteiger partial charge is 0.165 e. The maximum Gasteiger partial charge on any atom is 0.165 e. The van der Waals surface area contributed by atoms with Gasteiger partial charge >= 0.3 is 0 Å². The van der Waals surface area contributed by atoms with Crippen LogP contribution >= 0.6 is 0 Å². The molecular formula is C14H20FNO. The maximum absolute atomic E-state index is 13.5. The number of ether oxygens (including phenoxy) is 1. The van der Waals surface area contributed by atoms with Crippen molar-refractivity contribution < 1.29 is 9.13 Å². The second kappa shape index (κ2) is 4.65. The van der Waals surface area contributed by atoms with Gasteiger partial charge in [0.2, 0.25) is 0 Å². The number of nitrogens with one attached hydrogen (secondary N) is 1. The van der Waals surface area contributed by atoms with E-state index >= 15 is 0 Å². The molecule has 2 nitrogen and oxygen atoms in total. The molecule has 0 aliphatic carbocycles. The SMILES string of the molecule is Cc1ccc(F)c(OCC2CNC(C)(C)C2)c1. The number of aryl methyl sites for hydroxylation is 1. The molecule has 1 aliphatic heterocycles. The van der Waals surface area contributed by atoms with Gasteiger partial charge in [0.1, 0.15) is 0 Å². The standard InChI is InChI=1S/C14H20FNO/c1-10-4-5-12(15)13(6-10)17-9-11-7-14(2,3)16-8-11/h4-6,11,16H,7-9H2,1-3H3. The fraction of sp³-hybridized carbons (Fsp3) is 0.571. The molecule has 1 unspecified atom stereocenters. The van der Waals surface area contributed by atoms with Crippen molar-refractivity contribution in [2.45, 2.75) is 32.7 Å². The van der Waals surface area contributed by atoms with Crippen molar-refractivity contribution in [3.8, 4) is 5.75 Å². The first kappa shape index (κ1) is 12.4. The largest absolute Gasteiger partial charge is 0.490 e. The highest BCUT2D eigenvalue weighted by molar-refractivity contribution is 5.29. The number of rotatable bonds is 3. The van der Waals surface area contributed by atoms with Crippen LogP contribution in [0.5, 0.6) is 5.75 Å². The van der Waals surface area contributed by atoms with Crippen LogP contribution in [0.15, 0.2) is 18.2 Å². The average molecular weight is 237 g/mol. The van der Waals surface area contributed by atoms with Gasteiger partial charge in [0.05, 0.1) is 6.61 Å². The van der Waals surface area contributed by atoms with Gasteiger partial charge in [-0.2, -0.15) is 0 Å². The average Bonchev–Trinajstić information content (AvgIpc) is 2.60. The Labute approximate surface area is 102 Å². The zero-order chi connectivity index (χ0) is 12.5. The first-order valence-electron chi connectivity index (χ1n) is 6.10. The lowest BCUT2D eigenvalue weighted by atomic mass is 9.98. The van der Waals surface area contributed by atoms with E-state index in [2.05, 4.69) is 19.2 Å². The van der Waals surface area contributed by atoms with Gasteiger partial charge in [-0.1, -0.05) is 6.07 Å². The second-order valence-electron chi connectivity index (χ2n) is 5.58. The van der Waals surface area contributed by atoms with E-state index in [9.17, 15) is 4.39 Å². The minimum atomic E-state index is -0.277. The lowest BCUT2D eigenvalue weighted by Crippen LogP contribution is -2.31. The number of hydrogen-bond donors (Lipinski definition) is 1. The van der Waals surface area contributed by atoms with Crippen LogP contribution in [-0.4, -0.2) is 18.7 Å². The molecule has 1 N–H and O–H groups in total. The molecule has 0 amide bonds. The minimum absolute atomic E-state index is 0.180. The van der Waals surface area contributed by atoms with E-state index < -0.39 is 0 Å². The number of hydrogen-bond acceptors (Lipinski definition) is 2. The summed E-state index contributed by atoms with van der Waals surface area (Å²) in [7, 11) is 0. The minimum Gasteiger partial charge on any atom is -0.490 e. The van der Waals surface area contributed by atoms with Gasteiger partial charge in [0.25, 0.3) is 0 Å². The van der Waals surface area contributed by atoms with Crippen LogP contribution in [0.2, 0.25) is 0 Å². The molecule has 1 saturated heterocycles. The maximum atomic E-state index is 13.5. The topological polar surface area (TPSA) is 21.3 Å². The predicted molar refractivity (Wildman–Crippen MR) is 66.8 cm³/mol. The van der Waals surface area contributed by atoms with Crippen molar-refractivity contribution in [3.63, 3.8) is 0 Å². The van der Waals surface area contributed by atoms with Gasteiger partial charge in [0.15, 0.2) is 11.6 Å². The summed E-state index contributed by atoms with van der Waals surface area (Å²) in [4.78, 5) is 0. The summed E-state index contributed by atoms with van der Waals surface area (Å²) in [5.74, 6) is 0.556. The molecule has 0 aromatic heterocycles. The van der Waals surface area contributed by atoms with Crippen LogP contribution in [0.25, 0.3) is 0 Å². The summed E-state index contributed by atoms with van der Waals surface area (Å²) < 4.78 is 19.0. The lowest BCUT2D eigenvalue weighted by Gasteiger charge is -2.17. The summed E-state index contributed by atoms with van der Waals surface area (Å²) in [6.45, 7) is 7.82. The molecule has 1 fully saturated rings. The molecular weight excluding hydrogens is 217 g/mol. The molecule has 1 aromatic carbocycles. The summed E-state index contributed by atoms with van der Waals surface area (Å²) in [6, 6.07) is 4.97. The van der Waals surface area contributed by atoms with Crippen LogP contribution in [0.4, 0.5) is 4.39 Å². The van der Waals surface area contributed by atoms with Gasteiger partial charge in [-0.15, -0.1) is 0 Å². The monoisotopic (exact) mass is 237 g/mol. The van der Waals surface area contributed by atoms with Gasteiger partial charge in [-0.3, -0.25) is 0 Å². The van der Waals surface area contributed by atoms with Crippen LogP contribution < -0.4 is 10.1 Å². The van der Waals surface area contributed by atoms with Gasteiger partial charge in [-0.05, 0) is 44.9 Å². The van der Waals surface area contributed by atoms with Gasteiger partial charge < -0.3 is 10.1 Å². The second-order valence-corrected chi connectivity index (χ2v) is 5.58. The summed E-state index contributed by atoms with van der Waals surface area (Å²) in [5, 5.41) is 3.43. The van der Waals surface area contributed by atoms with Crippen LogP contribution in [0.3, 0.4) is 0 Å². The molecule has 0 bridgehead atoms. The van der Waals surface area contributed by atoms with Crippen molar-refractivity contribution in [1.29, 1.82) is 0 Å². The van der Waals surface area contributed by atoms with E-state index in [4.69, 9.17) is 4.74 Å². The molecule has 3 heteroatoms. The molecule has 0 radical (unpaired) electrons. The van der Waals surface area contributed by atoms with Crippen LogP contribution in [0.1, 0.15) is 25.8 Å². The summed E-state index contributed by atoms with van der Waals surface area (Å²) in [5.41, 5.74) is 1.20. The van der Waals surface area contributed by atoms with Crippen molar-refractivity contribution in [2.75, 3.05) is 13.2 Å². The lowest BCUT2D eigenvalue weighted by molar-refractivity contribution is 0.244. The van der Waals surface area contributed by atoms with Crippen molar-refractivity contribution in [3.05, 3.63) is 29.6 Å². The van der Waals surface area contributed by atoms with Crippen LogP contribution in [0, 0.1) is 18.7 Å². The summed E-state index contributed by atoms with van der Waals surface area (Å²) in [6.07, 6.45) is 1.07. The Balaban J connectivity index is 1.92. The highest BCUT2D eigenvalue weighted by atomic mass is 19.1. The number of benzene rings is 1. The van der Waals surface area contributed by atoms with E-state index in [-0.39, 0.29) is 11.4 Å². The molecule has 0 spiro atoms. The molecule has 1 aromatic rings. The Kier molecular flexibility index (Phi) is 3.38. The fourth-order valence-corrected chi connectivity index (χ4v) is 2.33. The van der Waals surface area contributed by atoms with Gasteiger partial charge in [-0.25, -0.2) is 4.39 Å². The number of halogens is 1. The molecule has 1 atom stereocenters. The Hall–Kier alpha value is -1.09. The van der Waals surface area contributed by atoms with E-state index in [1.165, 1.54) is 6.07 Å². The molecule has 1 heterocycles. The third-order valence-electron chi connectivity index (χ3n) is 3.23. The zero-order valence-corrected chi connectivity index (χ0v) is 10.7. The molecule has 94 valence electrons. The highest BCUT2D eigenvalue weighted by Gasteiger charge is 2.30. The first-order valence-corrected chi connectivity index (χ1v) is 6.10. The third-order valence-corrected chi connectivity index (χ3v) is 3.23. The molecule has 2 rings (SSSR count). The Morgan fingerprint density at radius 1 is 1.47 bits per heavy atom. The normalized spacial score (nSPS) is 22.7. The van der Waals surface area contributed by atoms with Crippen molar-refractivity contribution >= 4 is 0 Å². The third kappa shape index (κ3) is 3.19. The predicted octanol–water partition coefficient (Wildman–Crippen LogP) is 2.90. The van der Waals surface area contributed by atoms with Crippen molar-refractivity contribution in [1.82, 2.24) is 5.32 Å². The van der Waals surface area contributed by atoms with E-state index in [1.807, 2.05) is 6.92 Å². The molecule has 1 aliphatic rings. The van der Waals surface area contributed by atoms with Crippen LogP contribution in [-0.2, 0) is 0 Å². The Bertz CT molecular complexity index is 403. The van der Waals surface area contributed by atoms with Gasteiger partial charge in [0, 0.05) is 18.0 Å². The van der Waals surface area contributed by atoms with E-state index in [0.717, 1.165) is 18.5 Å². The first-order chi connectivity index (χ1) is 7.96. The quantitative estimate of drug-likeness (QED) is 0.872. The van der Waals surface area contributed by atoms with Crippen molar-refractivity contribution in [2.24, 2.45) is 5.92 Å². The zero-order valence-electron chi connectivity index (χ0n) is 10.7. The Morgan fingerprint density at radius 2 is 2.24 bits per heavy atom. The van der Waals surface area contributed by atoms with E-state index in [0.29, 0.717) is 18.3 Å². The molecule has 17 heavy (non-hydrogen) atoms. The highest BCUT2D eigenvalue weighted by Crippen LogP contribution is 2.25. The fourth-order valence-electron chi connectivity index (χ4n) is 2.33. The Morgan fingerprint density at radius 3 is 2.88 bits per heavy atom. The molecule has 0 saturated carbocycles. The summed E-state index contributed by atoms with van der Waals surface area (Å²) >= 11 is 0. The van der Waals surface area contributed by atoms with E-state index in [1.54, 1.807) is 12.1 Å².